The van der Waals surface area contributed by atoms with Crippen molar-refractivity contribution in [1.82, 2.24) is 4.90 Å². The smallest absolute Gasteiger partial charge is 0.406 e. The van der Waals surface area contributed by atoms with Gasteiger partial charge in [0.25, 0.3) is 0 Å². The summed E-state index contributed by atoms with van der Waals surface area (Å²) in [5.41, 5.74) is 0.247. The van der Waals surface area contributed by atoms with Crippen molar-refractivity contribution in [3.63, 3.8) is 0 Å². The molecule has 1 aliphatic rings. The Balaban J connectivity index is 2.43. The van der Waals surface area contributed by atoms with Gasteiger partial charge in [0.1, 0.15) is 12.6 Å². The lowest BCUT2D eigenvalue weighted by Crippen LogP contribution is -2.45. The Hall–Kier alpha value is -2.78. The molecule has 10 heteroatoms. The lowest BCUT2D eigenvalue weighted by atomic mass is 10.1. The second-order valence-corrected chi connectivity index (χ2v) is 5.28. The van der Waals surface area contributed by atoms with Crippen LogP contribution in [0.1, 0.15) is 22.3 Å². The normalized spacial score (nSPS) is 17.7. The van der Waals surface area contributed by atoms with Crippen LogP contribution in [0.25, 0.3) is 0 Å². The van der Waals surface area contributed by atoms with E-state index in [2.05, 4.69) is 5.32 Å². The highest BCUT2D eigenvalue weighted by atomic mass is 19.4. The number of hydrogen-bond acceptors (Lipinski definition) is 4. The van der Waals surface area contributed by atoms with Gasteiger partial charge in [0, 0.05) is 12.2 Å². The van der Waals surface area contributed by atoms with Crippen molar-refractivity contribution >= 4 is 23.5 Å². The Morgan fingerprint density at radius 1 is 1.29 bits per heavy atom. The van der Waals surface area contributed by atoms with Crippen LogP contribution in [0.3, 0.4) is 0 Å². The molecule has 0 aliphatic carbocycles. The first-order valence-corrected chi connectivity index (χ1v) is 6.77. The summed E-state index contributed by atoms with van der Waals surface area (Å²) in [6.45, 7) is -2.03. The van der Waals surface area contributed by atoms with Crippen molar-refractivity contribution in [3.05, 3.63) is 29.3 Å². The van der Waals surface area contributed by atoms with E-state index >= 15 is 0 Å². The van der Waals surface area contributed by atoms with Crippen molar-refractivity contribution < 1.29 is 37.8 Å². The molecule has 0 saturated heterocycles. The summed E-state index contributed by atoms with van der Waals surface area (Å²) in [5.74, 6) is -3.63. The third-order valence-electron chi connectivity index (χ3n) is 3.40. The molecule has 1 atom stereocenters. The van der Waals surface area contributed by atoms with E-state index in [1.54, 1.807) is 0 Å². The summed E-state index contributed by atoms with van der Waals surface area (Å²) < 4.78 is 38.1. The molecule has 2 rings (SSSR count). The first-order chi connectivity index (χ1) is 11.1. The van der Waals surface area contributed by atoms with E-state index in [4.69, 9.17) is 10.2 Å². The first kappa shape index (κ1) is 17.6. The van der Waals surface area contributed by atoms with Gasteiger partial charge in [-0.3, -0.25) is 9.59 Å². The van der Waals surface area contributed by atoms with E-state index in [9.17, 15) is 27.6 Å². The molecule has 1 unspecified atom stereocenters. The van der Waals surface area contributed by atoms with Gasteiger partial charge in [0.05, 0.1) is 12.0 Å². The van der Waals surface area contributed by atoms with Gasteiger partial charge in [0.15, 0.2) is 0 Å². The van der Waals surface area contributed by atoms with Crippen LogP contribution in [0.5, 0.6) is 0 Å². The first-order valence-electron chi connectivity index (χ1n) is 6.77. The summed E-state index contributed by atoms with van der Waals surface area (Å²) in [5, 5.41) is 20.4. The Morgan fingerprint density at radius 3 is 2.50 bits per heavy atom. The number of nitrogens with one attached hydrogen (secondary N) is 1. The number of halogens is 3. The number of hydrogen-bond donors (Lipinski definition) is 3. The summed E-state index contributed by atoms with van der Waals surface area (Å²) in [4.78, 5) is 34.6. The predicted molar refractivity (Wildman–Crippen MR) is 74.5 cm³/mol. The molecule has 1 aromatic carbocycles. The molecule has 1 aromatic rings. The van der Waals surface area contributed by atoms with E-state index < -0.39 is 49.6 Å². The van der Waals surface area contributed by atoms with Crippen LogP contribution in [-0.2, 0) is 16.1 Å². The zero-order chi connectivity index (χ0) is 18.1. The number of anilines is 1. The molecule has 130 valence electrons. The number of carbonyl (C=O) groups excluding carboxylic acids is 1. The molecule has 1 amide bonds. The van der Waals surface area contributed by atoms with E-state index in [0.29, 0.717) is 4.90 Å². The highest BCUT2D eigenvalue weighted by Gasteiger charge is 2.38. The molecule has 0 bridgehead atoms. The molecular formula is C14H13F3N2O5. The minimum absolute atomic E-state index is 0.147. The summed E-state index contributed by atoms with van der Waals surface area (Å²) >= 11 is 0. The van der Waals surface area contributed by atoms with Gasteiger partial charge in [-0.1, -0.05) is 0 Å². The monoisotopic (exact) mass is 346 g/mol. The zero-order valence-corrected chi connectivity index (χ0v) is 12.1. The third-order valence-corrected chi connectivity index (χ3v) is 3.40. The highest BCUT2D eigenvalue weighted by Crippen LogP contribution is 2.28. The highest BCUT2D eigenvalue weighted by molar-refractivity contribution is 5.92. The molecule has 3 N–H and O–H groups in total. The van der Waals surface area contributed by atoms with Crippen molar-refractivity contribution in [2.45, 2.75) is 25.2 Å². The van der Waals surface area contributed by atoms with Gasteiger partial charge in [-0.05, 0) is 23.8 Å². The van der Waals surface area contributed by atoms with Crippen LogP contribution in [0.4, 0.5) is 18.9 Å². The minimum Gasteiger partial charge on any atom is -0.481 e. The van der Waals surface area contributed by atoms with Crippen LogP contribution < -0.4 is 5.32 Å². The number of amides is 1. The Morgan fingerprint density at radius 2 is 1.96 bits per heavy atom. The molecule has 0 aromatic heterocycles. The Kier molecular flexibility index (Phi) is 4.67. The maximum atomic E-state index is 12.7. The number of nitrogens with zero attached hydrogens (tertiary/aromatic N) is 1. The zero-order valence-electron chi connectivity index (χ0n) is 12.1. The number of aliphatic carboxylic acids is 1. The lowest BCUT2D eigenvalue weighted by Gasteiger charge is -2.24. The van der Waals surface area contributed by atoms with Gasteiger partial charge in [-0.25, -0.2) is 4.79 Å². The topological polar surface area (TPSA) is 107 Å². The van der Waals surface area contributed by atoms with Gasteiger partial charge in [-0.2, -0.15) is 13.2 Å². The van der Waals surface area contributed by atoms with E-state index in [-0.39, 0.29) is 16.8 Å². The number of aromatic carboxylic acids is 1. The van der Waals surface area contributed by atoms with Crippen molar-refractivity contribution in [2.75, 3.05) is 11.9 Å². The Bertz CT molecular complexity index is 689. The molecule has 0 radical (unpaired) electrons. The van der Waals surface area contributed by atoms with Crippen LogP contribution >= 0.6 is 0 Å². The third kappa shape index (κ3) is 4.15. The SMILES string of the molecule is O=C(O)CC1Nc2ccc(C(=O)O)cc2CN(CC(F)(F)F)C1=O. The standard InChI is InChI=1S/C14H13F3N2O5/c15-14(16,17)6-19-5-8-3-7(13(23)24)1-2-9(8)18-10(12(19)22)4-11(20)21/h1-3,10,18H,4-6H2,(H,20,21)(H,23,24). The van der Waals surface area contributed by atoms with Gasteiger partial charge in [0.2, 0.25) is 5.91 Å². The van der Waals surface area contributed by atoms with E-state index in [1.165, 1.54) is 12.1 Å². The average molecular weight is 346 g/mol. The number of benzene rings is 1. The summed E-state index contributed by atoms with van der Waals surface area (Å²) in [6.07, 6.45) is -5.37. The summed E-state index contributed by atoms with van der Waals surface area (Å²) in [6, 6.07) is 2.31. The number of fused-ring (bicyclic) bond motifs is 1. The number of rotatable bonds is 4. The summed E-state index contributed by atoms with van der Waals surface area (Å²) in [7, 11) is 0. The fourth-order valence-electron chi connectivity index (χ4n) is 2.41. The fourth-order valence-corrected chi connectivity index (χ4v) is 2.41. The molecule has 0 spiro atoms. The van der Waals surface area contributed by atoms with Gasteiger partial charge in [-0.15, -0.1) is 0 Å². The molecular weight excluding hydrogens is 333 g/mol. The molecule has 24 heavy (non-hydrogen) atoms. The number of carboxylic acids is 2. The van der Waals surface area contributed by atoms with Gasteiger partial charge >= 0.3 is 18.1 Å². The largest absolute Gasteiger partial charge is 0.481 e. The van der Waals surface area contributed by atoms with Crippen LogP contribution in [0.15, 0.2) is 18.2 Å². The fraction of sp³-hybridized carbons (Fsp3) is 0.357. The van der Waals surface area contributed by atoms with E-state index in [1.807, 2.05) is 0 Å². The van der Waals surface area contributed by atoms with E-state index in [0.717, 1.165) is 6.07 Å². The van der Waals surface area contributed by atoms with Crippen molar-refractivity contribution in [2.24, 2.45) is 0 Å². The quantitative estimate of drug-likeness (QED) is 0.764. The molecule has 1 heterocycles. The second-order valence-electron chi connectivity index (χ2n) is 5.28. The molecule has 0 fully saturated rings. The molecule has 7 nitrogen and oxygen atoms in total. The van der Waals surface area contributed by atoms with Crippen LogP contribution in [0.2, 0.25) is 0 Å². The maximum Gasteiger partial charge on any atom is 0.406 e. The maximum absolute atomic E-state index is 12.7. The lowest BCUT2D eigenvalue weighted by molar-refractivity contribution is -0.163. The average Bonchev–Trinajstić information content (AvgIpc) is 2.55. The molecule has 0 saturated carbocycles. The van der Waals surface area contributed by atoms with Crippen LogP contribution in [0, 0.1) is 0 Å². The number of carbonyl (C=O) groups is 3. The van der Waals surface area contributed by atoms with Gasteiger partial charge < -0.3 is 20.4 Å². The van der Waals surface area contributed by atoms with Crippen molar-refractivity contribution in [1.29, 1.82) is 0 Å². The van der Waals surface area contributed by atoms with Crippen LogP contribution in [-0.4, -0.2) is 51.7 Å². The predicted octanol–water partition coefficient (Wildman–Crippen LogP) is 1.54. The minimum atomic E-state index is -4.67. The number of alkyl halides is 3. The number of carboxylic acid groups (broad SMARTS) is 2. The second kappa shape index (κ2) is 6.38. The Labute approximate surface area is 133 Å². The molecule has 1 aliphatic heterocycles. The van der Waals surface area contributed by atoms with Crippen molar-refractivity contribution in [3.8, 4) is 0 Å².